The van der Waals surface area contributed by atoms with Crippen molar-refractivity contribution in [3.05, 3.63) is 39.9 Å². The van der Waals surface area contributed by atoms with Gasteiger partial charge in [0.15, 0.2) is 0 Å². The topological polar surface area (TPSA) is 55.2 Å². The lowest BCUT2D eigenvalue weighted by atomic mass is 10.1. The summed E-state index contributed by atoms with van der Waals surface area (Å²) in [6.45, 7) is 2.72. The fraction of sp³-hybridized carbons (Fsp3) is 0.455. The Morgan fingerprint density at radius 3 is 2.73 bits per heavy atom. The maximum Gasteiger partial charge on any atom is 0.273 e. The van der Waals surface area contributed by atoms with Gasteiger partial charge in [0.25, 0.3) is 5.69 Å². The van der Waals surface area contributed by atoms with Crippen LogP contribution in [0.3, 0.4) is 0 Å². The van der Waals surface area contributed by atoms with E-state index in [2.05, 4.69) is 12.2 Å². The second-order valence-electron chi connectivity index (χ2n) is 4.30. The molecule has 0 atom stereocenters. The molecule has 1 N–H and O–H groups in total. The van der Waals surface area contributed by atoms with Crippen LogP contribution in [0.4, 0.5) is 5.69 Å². The first-order valence-corrected chi connectivity index (χ1v) is 5.08. The third kappa shape index (κ3) is 2.33. The van der Waals surface area contributed by atoms with Gasteiger partial charge in [0.1, 0.15) is 0 Å². The Morgan fingerprint density at radius 1 is 1.47 bits per heavy atom. The number of nitro groups is 1. The van der Waals surface area contributed by atoms with Crippen LogP contribution in [-0.4, -0.2) is 10.5 Å². The maximum atomic E-state index is 10.7. The summed E-state index contributed by atoms with van der Waals surface area (Å²) in [6, 6.07) is 6.88. The van der Waals surface area contributed by atoms with Gasteiger partial charge in [-0.25, -0.2) is 0 Å². The van der Waals surface area contributed by atoms with Crippen molar-refractivity contribution in [3.8, 4) is 0 Å². The molecule has 4 nitrogen and oxygen atoms in total. The zero-order valence-corrected chi connectivity index (χ0v) is 8.69. The summed E-state index contributed by atoms with van der Waals surface area (Å²) in [5, 5.41) is 14.1. The van der Waals surface area contributed by atoms with Crippen molar-refractivity contribution in [3.63, 3.8) is 0 Å². The highest BCUT2D eigenvalue weighted by atomic mass is 16.6. The van der Waals surface area contributed by atoms with Crippen molar-refractivity contribution in [2.45, 2.75) is 31.8 Å². The third-order valence-electron chi connectivity index (χ3n) is 2.89. The van der Waals surface area contributed by atoms with Gasteiger partial charge in [-0.2, -0.15) is 0 Å². The molecule has 1 aromatic rings. The lowest BCUT2D eigenvalue weighted by Gasteiger charge is -2.10. The second-order valence-corrected chi connectivity index (χ2v) is 4.30. The van der Waals surface area contributed by atoms with Gasteiger partial charge < -0.3 is 5.32 Å². The number of para-hydroxylation sites is 1. The lowest BCUT2D eigenvalue weighted by molar-refractivity contribution is -0.385. The van der Waals surface area contributed by atoms with Crippen LogP contribution in [0.2, 0.25) is 0 Å². The van der Waals surface area contributed by atoms with Gasteiger partial charge in [-0.05, 0) is 19.8 Å². The van der Waals surface area contributed by atoms with Crippen molar-refractivity contribution >= 4 is 5.69 Å². The molecule has 0 aliphatic heterocycles. The summed E-state index contributed by atoms with van der Waals surface area (Å²) in [5.41, 5.74) is 1.17. The average molecular weight is 206 g/mol. The van der Waals surface area contributed by atoms with E-state index >= 15 is 0 Å². The minimum absolute atomic E-state index is 0.203. The SMILES string of the molecule is CC1(NCc2ccccc2[N+](=O)[O-])CC1. The van der Waals surface area contributed by atoms with E-state index in [1.165, 1.54) is 0 Å². The Balaban J connectivity index is 2.09. The van der Waals surface area contributed by atoms with Crippen LogP contribution in [0.15, 0.2) is 24.3 Å². The minimum Gasteiger partial charge on any atom is -0.307 e. The highest BCUT2D eigenvalue weighted by Gasteiger charge is 2.36. The van der Waals surface area contributed by atoms with E-state index in [0.29, 0.717) is 6.54 Å². The molecule has 0 radical (unpaired) electrons. The van der Waals surface area contributed by atoms with Gasteiger partial charge in [-0.3, -0.25) is 10.1 Å². The molecule has 1 aliphatic carbocycles. The smallest absolute Gasteiger partial charge is 0.273 e. The molecule has 1 aromatic carbocycles. The summed E-state index contributed by atoms with van der Waals surface area (Å²) in [6.07, 6.45) is 2.32. The largest absolute Gasteiger partial charge is 0.307 e. The molecule has 4 heteroatoms. The van der Waals surface area contributed by atoms with Crippen LogP contribution >= 0.6 is 0 Å². The zero-order chi connectivity index (χ0) is 10.9. The molecule has 15 heavy (non-hydrogen) atoms. The Bertz CT molecular complexity index is 386. The first-order valence-electron chi connectivity index (χ1n) is 5.08. The van der Waals surface area contributed by atoms with Crippen LogP contribution in [-0.2, 0) is 6.54 Å². The van der Waals surface area contributed by atoms with Crippen molar-refractivity contribution in [2.75, 3.05) is 0 Å². The third-order valence-corrected chi connectivity index (χ3v) is 2.89. The summed E-state index contributed by atoms with van der Waals surface area (Å²) < 4.78 is 0. The molecular formula is C11H14N2O2. The number of nitro benzene ring substituents is 1. The van der Waals surface area contributed by atoms with Crippen molar-refractivity contribution in [2.24, 2.45) is 0 Å². The van der Waals surface area contributed by atoms with Crippen LogP contribution in [0.25, 0.3) is 0 Å². The molecule has 1 fully saturated rings. The molecule has 0 spiro atoms. The number of rotatable bonds is 4. The van der Waals surface area contributed by atoms with Gasteiger partial charge in [-0.1, -0.05) is 18.2 Å². The fourth-order valence-corrected chi connectivity index (χ4v) is 1.51. The maximum absolute atomic E-state index is 10.7. The molecule has 1 aliphatic rings. The first-order chi connectivity index (χ1) is 7.11. The van der Waals surface area contributed by atoms with Gasteiger partial charge in [-0.15, -0.1) is 0 Å². The number of hydrogen-bond acceptors (Lipinski definition) is 3. The molecule has 0 heterocycles. The molecule has 2 rings (SSSR count). The Labute approximate surface area is 88.5 Å². The summed E-state index contributed by atoms with van der Waals surface area (Å²) in [5.74, 6) is 0. The molecule has 0 unspecified atom stereocenters. The predicted octanol–water partition coefficient (Wildman–Crippen LogP) is 2.24. The summed E-state index contributed by atoms with van der Waals surface area (Å²) >= 11 is 0. The van der Waals surface area contributed by atoms with Gasteiger partial charge >= 0.3 is 0 Å². The van der Waals surface area contributed by atoms with Crippen LogP contribution in [0, 0.1) is 10.1 Å². The van der Waals surface area contributed by atoms with Crippen molar-refractivity contribution in [1.29, 1.82) is 0 Å². The van der Waals surface area contributed by atoms with E-state index in [9.17, 15) is 10.1 Å². The predicted molar refractivity (Wildman–Crippen MR) is 57.6 cm³/mol. The molecule has 80 valence electrons. The number of benzene rings is 1. The van der Waals surface area contributed by atoms with E-state index < -0.39 is 0 Å². The Hall–Kier alpha value is -1.42. The average Bonchev–Trinajstić information content (AvgIpc) is 2.95. The number of nitrogens with one attached hydrogen (secondary N) is 1. The van der Waals surface area contributed by atoms with Crippen LogP contribution in [0.1, 0.15) is 25.3 Å². The van der Waals surface area contributed by atoms with Crippen molar-refractivity contribution < 1.29 is 4.92 Å². The Kier molecular flexibility index (Phi) is 2.44. The number of nitrogens with zero attached hydrogens (tertiary/aromatic N) is 1. The molecular weight excluding hydrogens is 192 g/mol. The summed E-state index contributed by atoms with van der Waals surface area (Å²) in [4.78, 5) is 10.4. The van der Waals surface area contributed by atoms with Crippen molar-refractivity contribution in [1.82, 2.24) is 5.32 Å². The Morgan fingerprint density at radius 2 is 2.13 bits per heavy atom. The van der Waals surface area contributed by atoms with Gasteiger partial charge in [0, 0.05) is 23.7 Å². The molecule has 0 bridgehead atoms. The molecule has 0 saturated heterocycles. The highest BCUT2D eigenvalue weighted by molar-refractivity contribution is 5.39. The van der Waals surface area contributed by atoms with E-state index in [4.69, 9.17) is 0 Å². The standard InChI is InChI=1S/C11H14N2O2/c1-11(6-7-11)12-8-9-4-2-3-5-10(9)13(14)15/h2-5,12H,6-8H2,1H3. The quantitative estimate of drug-likeness (QED) is 0.607. The minimum atomic E-state index is -0.327. The zero-order valence-electron chi connectivity index (χ0n) is 8.69. The second kappa shape index (κ2) is 3.62. The van der Waals surface area contributed by atoms with E-state index in [1.54, 1.807) is 18.2 Å². The van der Waals surface area contributed by atoms with Gasteiger partial charge in [0.05, 0.1) is 4.92 Å². The highest BCUT2D eigenvalue weighted by Crippen LogP contribution is 2.34. The lowest BCUT2D eigenvalue weighted by Crippen LogP contribution is -2.27. The normalized spacial score (nSPS) is 17.4. The van der Waals surface area contributed by atoms with Crippen LogP contribution < -0.4 is 5.32 Å². The van der Waals surface area contributed by atoms with E-state index in [0.717, 1.165) is 18.4 Å². The number of hydrogen-bond donors (Lipinski definition) is 1. The van der Waals surface area contributed by atoms with Crippen LogP contribution in [0.5, 0.6) is 0 Å². The fourth-order valence-electron chi connectivity index (χ4n) is 1.51. The summed E-state index contributed by atoms with van der Waals surface area (Å²) in [7, 11) is 0. The molecule has 1 saturated carbocycles. The molecule has 0 amide bonds. The molecule has 0 aromatic heterocycles. The monoisotopic (exact) mass is 206 g/mol. The van der Waals surface area contributed by atoms with Gasteiger partial charge in [0.2, 0.25) is 0 Å². The van der Waals surface area contributed by atoms with E-state index in [-0.39, 0.29) is 16.1 Å². The first kappa shape index (κ1) is 10.1. The van der Waals surface area contributed by atoms with E-state index in [1.807, 2.05) is 6.07 Å².